The van der Waals surface area contributed by atoms with E-state index in [-0.39, 0.29) is 23.0 Å². The highest BCUT2D eigenvalue weighted by molar-refractivity contribution is 14.1. The monoisotopic (exact) mass is 475 g/mol. The first-order valence-electron chi connectivity index (χ1n) is 9.24. The van der Waals surface area contributed by atoms with Crippen molar-refractivity contribution >= 4 is 34.2 Å². The van der Waals surface area contributed by atoms with Gasteiger partial charge in [0.1, 0.15) is 0 Å². The largest absolute Gasteiger partial charge is 0.376 e. The van der Waals surface area contributed by atoms with Crippen LogP contribution in [0, 0.1) is 5.92 Å². The van der Waals surface area contributed by atoms with Crippen LogP contribution >= 0.6 is 22.6 Å². The Morgan fingerprint density at radius 3 is 2.15 bits per heavy atom. The molecule has 1 aliphatic rings. The third-order valence-corrected chi connectivity index (χ3v) is 4.17. The highest BCUT2D eigenvalue weighted by Gasteiger charge is 2.26. The number of amides is 1. The SMILES string of the molecule is CC(C)(C)OCCC1Cc2ccccc2NC1=O.CC(C)(C)OCCI. The Morgan fingerprint density at radius 2 is 1.62 bits per heavy atom. The molecule has 0 radical (unpaired) electrons. The molecule has 26 heavy (non-hydrogen) atoms. The predicted molar refractivity (Wildman–Crippen MR) is 117 cm³/mol. The van der Waals surface area contributed by atoms with Crippen LogP contribution in [0.4, 0.5) is 5.69 Å². The number of nitrogens with one attached hydrogen (secondary N) is 1. The Hall–Kier alpha value is -0.660. The highest BCUT2D eigenvalue weighted by Crippen LogP contribution is 2.27. The molecule has 1 N–H and O–H groups in total. The lowest BCUT2D eigenvalue weighted by Crippen LogP contribution is -2.31. The Kier molecular flexibility index (Phi) is 9.55. The number of para-hydroxylation sites is 1. The van der Waals surface area contributed by atoms with Crippen LogP contribution in [0.25, 0.3) is 0 Å². The van der Waals surface area contributed by atoms with Crippen LogP contribution in [0.3, 0.4) is 0 Å². The number of fused-ring (bicyclic) bond motifs is 1. The molecule has 0 saturated carbocycles. The number of rotatable bonds is 5. The molecule has 0 aromatic heterocycles. The molecule has 0 bridgehead atoms. The van der Waals surface area contributed by atoms with Gasteiger partial charge in [0.25, 0.3) is 0 Å². The van der Waals surface area contributed by atoms with Crippen LogP contribution in [-0.2, 0) is 20.7 Å². The molecule has 1 aromatic carbocycles. The first-order valence-corrected chi connectivity index (χ1v) is 10.8. The zero-order chi connectivity index (χ0) is 19.8. The van der Waals surface area contributed by atoms with Gasteiger partial charge in [0.05, 0.1) is 17.8 Å². The summed E-state index contributed by atoms with van der Waals surface area (Å²) in [6, 6.07) is 7.99. The number of carbonyl (C=O) groups is 1. The minimum Gasteiger partial charge on any atom is -0.376 e. The van der Waals surface area contributed by atoms with Crippen molar-refractivity contribution in [1.82, 2.24) is 0 Å². The summed E-state index contributed by atoms with van der Waals surface area (Å²) in [5, 5.41) is 2.96. The maximum absolute atomic E-state index is 11.9. The van der Waals surface area contributed by atoms with Crippen LogP contribution in [0.2, 0.25) is 0 Å². The fourth-order valence-corrected chi connectivity index (χ4v) is 2.72. The van der Waals surface area contributed by atoms with Crippen molar-refractivity contribution in [1.29, 1.82) is 0 Å². The molecule has 0 saturated heterocycles. The van der Waals surface area contributed by atoms with Gasteiger partial charge < -0.3 is 14.8 Å². The van der Waals surface area contributed by atoms with Gasteiger partial charge in [-0.2, -0.15) is 0 Å². The van der Waals surface area contributed by atoms with Gasteiger partial charge in [0, 0.05) is 22.6 Å². The van der Waals surface area contributed by atoms with E-state index in [0.29, 0.717) is 6.61 Å². The van der Waals surface area contributed by atoms with Crippen molar-refractivity contribution < 1.29 is 14.3 Å². The molecule has 1 atom stereocenters. The van der Waals surface area contributed by atoms with E-state index in [2.05, 4.69) is 54.7 Å². The lowest BCUT2D eigenvalue weighted by atomic mass is 9.91. The van der Waals surface area contributed by atoms with Gasteiger partial charge in [-0.3, -0.25) is 4.79 Å². The summed E-state index contributed by atoms with van der Waals surface area (Å²) in [7, 11) is 0. The van der Waals surface area contributed by atoms with Gasteiger partial charge in [0.2, 0.25) is 5.91 Å². The van der Waals surface area contributed by atoms with Crippen LogP contribution in [-0.4, -0.2) is 34.8 Å². The molecular weight excluding hydrogens is 441 g/mol. The minimum atomic E-state index is -0.136. The summed E-state index contributed by atoms with van der Waals surface area (Å²) < 4.78 is 12.1. The van der Waals surface area contributed by atoms with Gasteiger partial charge in [-0.25, -0.2) is 0 Å². The number of anilines is 1. The second-order valence-electron chi connectivity index (χ2n) is 8.45. The van der Waals surface area contributed by atoms with Crippen molar-refractivity contribution in [2.45, 2.75) is 65.6 Å². The lowest BCUT2D eigenvalue weighted by molar-refractivity contribution is -0.121. The fraction of sp³-hybridized carbons (Fsp3) is 0.667. The first-order chi connectivity index (χ1) is 12.0. The summed E-state index contributed by atoms with van der Waals surface area (Å²) >= 11 is 2.30. The van der Waals surface area contributed by atoms with Gasteiger partial charge in [0.15, 0.2) is 0 Å². The number of halogens is 1. The van der Waals surface area contributed by atoms with Crippen LogP contribution in [0.15, 0.2) is 24.3 Å². The summed E-state index contributed by atoms with van der Waals surface area (Å²) in [5.74, 6) is 0.147. The second-order valence-corrected chi connectivity index (χ2v) is 9.53. The maximum Gasteiger partial charge on any atom is 0.227 e. The van der Waals surface area contributed by atoms with E-state index in [9.17, 15) is 4.79 Å². The van der Waals surface area contributed by atoms with Crippen LogP contribution in [0.5, 0.6) is 0 Å². The highest BCUT2D eigenvalue weighted by atomic mass is 127. The molecule has 1 aliphatic heterocycles. The zero-order valence-corrected chi connectivity index (χ0v) is 19.2. The molecule has 1 heterocycles. The number of ether oxygens (including phenoxy) is 2. The number of alkyl halides is 1. The maximum atomic E-state index is 11.9. The van der Waals surface area contributed by atoms with Gasteiger partial charge in [-0.1, -0.05) is 40.8 Å². The average Bonchev–Trinajstić information content (AvgIpc) is 2.52. The number of carbonyl (C=O) groups excluding carboxylic acids is 1. The first kappa shape index (κ1) is 23.4. The van der Waals surface area contributed by atoms with Crippen LogP contribution in [0.1, 0.15) is 53.5 Å². The molecular formula is C21H34INO3. The Labute approximate surface area is 172 Å². The lowest BCUT2D eigenvalue weighted by Gasteiger charge is -2.26. The quantitative estimate of drug-likeness (QED) is 0.468. The molecule has 0 aliphatic carbocycles. The van der Waals surface area contributed by atoms with E-state index in [4.69, 9.17) is 9.47 Å². The Bertz CT molecular complexity index is 561. The third kappa shape index (κ3) is 9.88. The summed E-state index contributed by atoms with van der Waals surface area (Å²) in [6.45, 7) is 13.8. The molecule has 1 unspecified atom stereocenters. The number of hydrogen-bond donors (Lipinski definition) is 1. The van der Waals surface area contributed by atoms with Crippen molar-refractivity contribution in [3.05, 3.63) is 29.8 Å². The van der Waals surface area contributed by atoms with Crippen molar-refractivity contribution in [3.8, 4) is 0 Å². The van der Waals surface area contributed by atoms with Crippen molar-refractivity contribution in [3.63, 3.8) is 0 Å². The van der Waals surface area contributed by atoms with E-state index in [1.54, 1.807) is 0 Å². The molecule has 0 spiro atoms. The third-order valence-electron chi connectivity index (χ3n) is 3.73. The van der Waals surface area contributed by atoms with Crippen molar-refractivity contribution in [2.75, 3.05) is 23.0 Å². The number of hydrogen-bond acceptors (Lipinski definition) is 3. The summed E-state index contributed by atoms with van der Waals surface area (Å²) in [6.07, 6.45) is 1.59. The fourth-order valence-electron chi connectivity index (χ4n) is 2.50. The molecule has 4 nitrogen and oxygen atoms in total. The van der Waals surface area contributed by atoms with Gasteiger partial charge in [-0.15, -0.1) is 0 Å². The van der Waals surface area contributed by atoms with E-state index < -0.39 is 0 Å². The number of benzene rings is 1. The van der Waals surface area contributed by atoms with E-state index in [0.717, 1.165) is 29.6 Å². The van der Waals surface area contributed by atoms with Gasteiger partial charge >= 0.3 is 0 Å². The Morgan fingerprint density at radius 1 is 1.04 bits per heavy atom. The molecule has 2 rings (SSSR count). The second kappa shape index (κ2) is 10.6. The topological polar surface area (TPSA) is 47.6 Å². The van der Waals surface area contributed by atoms with E-state index in [1.807, 2.05) is 39.0 Å². The van der Waals surface area contributed by atoms with E-state index in [1.165, 1.54) is 5.56 Å². The predicted octanol–water partition coefficient (Wildman–Crippen LogP) is 5.24. The molecule has 148 valence electrons. The van der Waals surface area contributed by atoms with Gasteiger partial charge in [-0.05, 0) is 66.0 Å². The van der Waals surface area contributed by atoms with E-state index >= 15 is 0 Å². The molecule has 5 heteroatoms. The Balaban J connectivity index is 0.000000359. The molecule has 0 fully saturated rings. The zero-order valence-electron chi connectivity index (χ0n) is 17.0. The molecule has 1 aromatic rings. The van der Waals surface area contributed by atoms with Crippen LogP contribution < -0.4 is 5.32 Å². The standard InChI is InChI=1S/C15H21NO2.C6H13IO/c1-15(2,3)18-9-8-12-10-11-6-4-5-7-13(11)16-14(12)17;1-6(2,3)8-5-4-7/h4-7,12H,8-10H2,1-3H3,(H,16,17);4-5H2,1-3H3. The smallest absolute Gasteiger partial charge is 0.227 e. The van der Waals surface area contributed by atoms with Crippen molar-refractivity contribution in [2.24, 2.45) is 5.92 Å². The molecule has 1 amide bonds. The normalized spacial score (nSPS) is 17.0. The average molecular weight is 475 g/mol. The summed E-state index contributed by atoms with van der Waals surface area (Å²) in [4.78, 5) is 11.9. The summed E-state index contributed by atoms with van der Waals surface area (Å²) in [5.41, 5.74) is 2.09. The minimum absolute atomic E-state index is 0.0299.